The van der Waals surface area contributed by atoms with Crippen molar-refractivity contribution in [3.8, 4) is 0 Å². The monoisotopic (exact) mass is 282 g/mol. The molecule has 3 nitrogen and oxygen atoms in total. The van der Waals surface area contributed by atoms with Gasteiger partial charge in [0, 0.05) is 31.7 Å². The van der Waals surface area contributed by atoms with Crippen LogP contribution in [0.15, 0.2) is 0 Å². The summed E-state index contributed by atoms with van der Waals surface area (Å²) in [7, 11) is 0. The fourth-order valence-corrected chi connectivity index (χ4v) is 3.43. The van der Waals surface area contributed by atoms with Gasteiger partial charge in [-0.3, -0.25) is 4.90 Å². The molecule has 1 aliphatic carbocycles. The molecule has 0 aromatic carbocycles. The second-order valence-electron chi connectivity index (χ2n) is 8.15. The van der Waals surface area contributed by atoms with Crippen molar-refractivity contribution in [1.29, 1.82) is 0 Å². The summed E-state index contributed by atoms with van der Waals surface area (Å²) in [5.41, 5.74) is 0.331. The molecule has 1 aliphatic heterocycles. The zero-order chi connectivity index (χ0) is 14.8. The number of nitrogens with one attached hydrogen (secondary N) is 1. The molecule has 3 heteroatoms. The molecule has 20 heavy (non-hydrogen) atoms. The van der Waals surface area contributed by atoms with Gasteiger partial charge in [0.15, 0.2) is 0 Å². The van der Waals surface area contributed by atoms with Crippen LogP contribution in [-0.2, 0) is 0 Å². The van der Waals surface area contributed by atoms with E-state index in [1.807, 2.05) is 0 Å². The zero-order valence-electron chi connectivity index (χ0n) is 13.9. The van der Waals surface area contributed by atoms with E-state index in [0.717, 1.165) is 32.0 Å². The second-order valence-corrected chi connectivity index (χ2v) is 8.15. The number of nitrogens with zero attached hydrogens (tertiary/aromatic N) is 1. The van der Waals surface area contributed by atoms with Gasteiger partial charge in [-0.1, -0.05) is 34.1 Å². The maximum absolute atomic E-state index is 10.3. The number of aliphatic hydroxyl groups excluding tert-OH is 1. The van der Waals surface area contributed by atoms with Gasteiger partial charge in [0.25, 0.3) is 0 Å². The SMILES string of the molecule is CCC(O)C1CC(NCC(C)(C)C)CN(C2CCC2)C1. The number of piperidine rings is 1. The largest absolute Gasteiger partial charge is 0.393 e. The smallest absolute Gasteiger partial charge is 0.0578 e. The molecule has 0 radical (unpaired) electrons. The summed E-state index contributed by atoms with van der Waals surface area (Å²) in [5.74, 6) is 0.451. The van der Waals surface area contributed by atoms with Crippen LogP contribution in [0.2, 0.25) is 0 Å². The van der Waals surface area contributed by atoms with Crippen molar-refractivity contribution >= 4 is 0 Å². The van der Waals surface area contributed by atoms with Gasteiger partial charge in [-0.15, -0.1) is 0 Å². The Morgan fingerprint density at radius 2 is 1.95 bits per heavy atom. The Bertz CT molecular complexity index is 283. The summed E-state index contributed by atoms with van der Waals surface area (Å²) in [4.78, 5) is 2.65. The van der Waals surface area contributed by atoms with Crippen molar-refractivity contribution in [3.63, 3.8) is 0 Å². The van der Waals surface area contributed by atoms with Crippen molar-refractivity contribution in [2.45, 2.75) is 78.0 Å². The fourth-order valence-electron chi connectivity index (χ4n) is 3.43. The lowest BCUT2D eigenvalue weighted by molar-refractivity contribution is 0.00167. The Morgan fingerprint density at radius 3 is 2.45 bits per heavy atom. The Labute approximate surface area is 125 Å². The predicted molar refractivity (Wildman–Crippen MR) is 84.9 cm³/mol. The molecule has 0 spiro atoms. The minimum absolute atomic E-state index is 0.128. The standard InChI is InChI=1S/C17H34N2O/c1-5-16(20)13-9-14(18-12-17(2,3)4)11-19(10-13)15-7-6-8-15/h13-16,18,20H,5-12H2,1-4H3. The highest BCUT2D eigenvalue weighted by atomic mass is 16.3. The van der Waals surface area contributed by atoms with Crippen LogP contribution in [0, 0.1) is 11.3 Å². The van der Waals surface area contributed by atoms with E-state index in [4.69, 9.17) is 0 Å². The molecule has 2 rings (SSSR count). The fraction of sp³-hybridized carbons (Fsp3) is 1.00. The van der Waals surface area contributed by atoms with Gasteiger partial charge in [0.1, 0.15) is 0 Å². The number of likely N-dealkylation sites (tertiary alicyclic amines) is 1. The number of hydrogen-bond acceptors (Lipinski definition) is 3. The highest BCUT2D eigenvalue weighted by Gasteiger charge is 2.35. The first-order valence-electron chi connectivity index (χ1n) is 8.54. The van der Waals surface area contributed by atoms with Gasteiger partial charge in [0.2, 0.25) is 0 Å². The molecule has 2 fully saturated rings. The average molecular weight is 282 g/mol. The van der Waals surface area contributed by atoms with Gasteiger partial charge < -0.3 is 10.4 Å². The zero-order valence-corrected chi connectivity index (χ0v) is 13.9. The summed E-state index contributed by atoms with van der Waals surface area (Å²) in [6, 6.07) is 1.34. The molecular weight excluding hydrogens is 248 g/mol. The summed E-state index contributed by atoms with van der Waals surface area (Å²) < 4.78 is 0. The van der Waals surface area contributed by atoms with Crippen molar-refractivity contribution in [2.75, 3.05) is 19.6 Å². The highest BCUT2D eigenvalue weighted by Crippen LogP contribution is 2.31. The third-order valence-electron chi connectivity index (χ3n) is 4.99. The van der Waals surface area contributed by atoms with Gasteiger partial charge in [-0.2, -0.15) is 0 Å². The lowest BCUT2D eigenvalue weighted by Crippen LogP contribution is -2.56. The molecule has 0 amide bonds. The topological polar surface area (TPSA) is 35.5 Å². The third-order valence-corrected chi connectivity index (χ3v) is 4.99. The van der Waals surface area contributed by atoms with Crippen LogP contribution in [0.25, 0.3) is 0 Å². The Morgan fingerprint density at radius 1 is 1.25 bits per heavy atom. The summed E-state index contributed by atoms with van der Waals surface area (Å²) in [6.07, 6.45) is 6.00. The Kier molecular flexibility index (Phi) is 5.49. The van der Waals surface area contributed by atoms with E-state index in [1.165, 1.54) is 25.8 Å². The molecule has 1 saturated heterocycles. The average Bonchev–Trinajstić information content (AvgIpc) is 2.32. The number of hydrogen-bond donors (Lipinski definition) is 2. The molecule has 3 unspecified atom stereocenters. The molecule has 118 valence electrons. The first-order chi connectivity index (χ1) is 9.39. The van der Waals surface area contributed by atoms with Gasteiger partial charge in [0.05, 0.1) is 6.10 Å². The molecule has 0 bridgehead atoms. The van der Waals surface area contributed by atoms with Crippen molar-refractivity contribution in [2.24, 2.45) is 11.3 Å². The van der Waals surface area contributed by atoms with E-state index in [1.54, 1.807) is 0 Å². The summed E-state index contributed by atoms with van der Waals surface area (Å²) >= 11 is 0. The molecule has 0 aromatic heterocycles. The van der Waals surface area contributed by atoms with Crippen molar-refractivity contribution in [1.82, 2.24) is 10.2 Å². The van der Waals surface area contributed by atoms with E-state index in [2.05, 4.69) is 37.9 Å². The van der Waals surface area contributed by atoms with Crippen LogP contribution >= 0.6 is 0 Å². The van der Waals surface area contributed by atoms with E-state index in [9.17, 15) is 5.11 Å². The van der Waals surface area contributed by atoms with Gasteiger partial charge in [-0.05, 0) is 37.0 Å². The molecular formula is C17H34N2O. The second kappa shape index (κ2) is 6.76. The maximum Gasteiger partial charge on any atom is 0.0578 e. The lowest BCUT2D eigenvalue weighted by Gasteiger charge is -2.46. The molecule has 1 saturated carbocycles. The van der Waals surface area contributed by atoms with Crippen LogP contribution in [0.5, 0.6) is 0 Å². The molecule has 2 aliphatic rings. The normalized spacial score (nSPS) is 31.1. The molecule has 2 N–H and O–H groups in total. The van der Waals surface area contributed by atoms with Gasteiger partial charge in [-0.25, -0.2) is 0 Å². The summed E-state index contributed by atoms with van der Waals surface area (Å²) in [6.45, 7) is 12.3. The number of aliphatic hydroxyl groups is 1. The van der Waals surface area contributed by atoms with E-state index >= 15 is 0 Å². The minimum Gasteiger partial charge on any atom is -0.393 e. The molecule has 3 atom stereocenters. The van der Waals surface area contributed by atoms with Crippen molar-refractivity contribution in [3.05, 3.63) is 0 Å². The Balaban J connectivity index is 1.92. The first-order valence-corrected chi connectivity index (χ1v) is 8.54. The molecule has 1 heterocycles. The van der Waals surface area contributed by atoms with Crippen LogP contribution in [0.1, 0.15) is 59.8 Å². The van der Waals surface area contributed by atoms with Crippen molar-refractivity contribution < 1.29 is 5.11 Å². The first kappa shape index (κ1) is 16.3. The van der Waals surface area contributed by atoms with E-state index in [0.29, 0.717) is 17.4 Å². The van der Waals surface area contributed by atoms with Gasteiger partial charge >= 0.3 is 0 Å². The number of rotatable bonds is 5. The van der Waals surface area contributed by atoms with Crippen LogP contribution in [-0.4, -0.2) is 47.8 Å². The highest BCUT2D eigenvalue weighted by molar-refractivity contribution is 4.92. The summed E-state index contributed by atoms with van der Waals surface area (Å²) in [5, 5.41) is 14.0. The third kappa shape index (κ3) is 4.44. The quantitative estimate of drug-likeness (QED) is 0.814. The minimum atomic E-state index is -0.128. The van der Waals surface area contributed by atoms with Crippen LogP contribution in [0.3, 0.4) is 0 Å². The van der Waals surface area contributed by atoms with E-state index < -0.39 is 0 Å². The maximum atomic E-state index is 10.3. The van der Waals surface area contributed by atoms with Crippen LogP contribution in [0.4, 0.5) is 0 Å². The lowest BCUT2D eigenvalue weighted by atomic mass is 9.83. The Hall–Kier alpha value is -0.120. The molecule has 0 aromatic rings. The predicted octanol–water partition coefficient (Wildman–Crippen LogP) is 2.64. The van der Waals surface area contributed by atoms with Crippen LogP contribution < -0.4 is 5.32 Å². The van der Waals surface area contributed by atoms with E-state index in [-0.39, 0.29) is 6.10 Å².